The fourth-order valence-electron chi connectivity index (χ4n) is 6.23. The van der Waals surface area contributed by atoms with Crippen LogP contribution >= 0.6 is 0 Å². The van der Waals surface area contributed by atoms with Crippen LogP contribution in [0.5, 0.6) is 0 Å². The third-order valence-electron chi connectivity index (χ3n) is 8.71. The number of aryl methyl sites for hydroxylation is 1. The van der Waals surface area contributed by atoms with E-state index >= 15 is 0 Å². The van der Waals surface area contributed by atoms with Gasteiger partial charge in [-0.25, -0.2) is 0 Å². The molecule has 0 spiro atoms. The zero-order chi connectivity index (χ0) is 30.7. The Hall–Kier alpha value is -2.03. The first kappa shape index (κ1) is 35.4. The molecule has 0 aromatic heterocycles. The topological polar surface area (TPSA) is 97.3 Å². The lowest BCUT2D eigenvalue weighted by Gasteiger charge is -2.27. The minimum absolute atomic E-state index is 0.00343. The van der Waals surface area contributed by atoms with Gasteiger partial charge in [0, 0.05) is 26.2 Å². The lowest BCUT2D eigenvalue weighted by atomic mass is 9.86. The van der Waals surface area contributed by atoms with Gasteiger partial charge in [-0.2, -0.15) is 0 Å². The molecule has 3 aliphatic rings. The molecule has 2 aliphatic heterocycles. The van der Waals surface area contributed by atoms with E-state index in [-0.39, 0.29) is 30.3 Å². The third kappa shape index (κ3) is 14.1. The Balaban J connectivity index is 0.000000633. The van der Waals surface area contributed by atoms with Crippen molar-refractivity contribution in [2.24, 2.45) is 17.8 Å². The van der Waals surface area contributed by atoms with E-state index in [0.717, 1.165) is 90.3 Å². The molecule has 7 atom stereocenters. The van der Waals surface area contributed by atoms with Gasteiger partial charge in [0.15, 0.2) is 12.6 Å². The van der Waals surface area contributed by atoms with Gasteiger partial charge in [0.05, 0.1) is 12.2 Å². The van der Waals surface area contributed by atoms with Gasteiger partial charge in [-0.3, -0.25) is 4.79 Å². The summed E-state index contributed by atoms with van der Waals surface area (Å²) in [5.74, 6) is 1.11. The van der Waals surface area contributed by atoms with Gasteiger partial charge in [-0.1, -0.05) is 61.6 Å². The summed E-state index contributed by atoms with van der Waals surface area (Å²) >= 11 is 0. The van der Waals surface area contributed by atoms with Gasteiger partial charge in [0.2, 0.25) is 5.91 Å². The predicted molar refractivity (Wildman–Crippen MR) is 171 cm³/mol. The molecule has 1 amide bonds. The maximum absolute atomic E-state index is 11.6. The molecule has 2 unspecified atom stereocenters. The summed E-state index contributed by atoms with van der Waals surface area (Å²) in [6.45, 7) is 6.40. The molecule has 2 heterocycles. The molecule has 2 saturated heterocycles. The smallest absolute Gasteiger partial charge is 0.219 e. The molecule has 7 nitrogen and oxygen atoms in total. The Morgan fingerprint density at radius 2 is 1.84 bits per heavy atom. The standard InChI is InChI=1S/C31H47NO4.C5H10O2/c1-3-32-30(34)16-10-5-4-9-15-28-27(24(2)23-29(28)33)21-20-26(36-31-17-11-12-22-35-31)19-18-25-13-7-6-8-14-25;6-5-3-1-2-4-7-5/h4,6-9,13-14,20-21,24,26-29,31,33H,3,5,10-12,15-19,22-23H2,1-2H3,(H,32,34);5-6H,1-4H2/b9-4-,21-20+;/t24-,26+,27+,28-,29+,31?;/m1./s1. The van der Waals surface area contributed by atoms with E-state index in [9.17, 15) is 9.90 Å². The molecule has 4 rings (SSSR count). The number of hydrogen-bond donors (Lipinski definition) is 3. The molecule has 7 heteroatoms. The van der Waals surface area contributed by atoms with E-state index in [1.807, 2.05) is 6.92 Å². The number of carbonyl (C=O) groups is 1. The maximum atomic E-state index is 11.6. The van der Waals surface area contributed by atoms with Crippen molar-refractivity contribution in [2.45, 2.75) is 122 Å². The number of hydrogen-bond acceptors (Lipinski definition) is 6. The van der Waals surface area contributed by atoms with E-state index in [2.05, 4.69) is 66.9 Å². The van der Waals surface area contributed by atoms with E-state index < -0.39 is 6.29 Å². The fourth-order valence-corrected chi connectivity index (χ4v) is 6.23. The number of aliphatic hydroxyl groups is 2. The summed E-state index contributed by atoms with van der Waals surface area (Å²) in [5.41, 5.74) is 1.32. The molecule has 3 N–H and O–H groups in total. The number of nitrogens with one attached hydrogen (secondary N) is 1. The number of ether oxygens (including phenoxy) is 3. The van der Waals surface area contributed by atoms with Gasteiger partial charge < -0.3 is 29.7 Å². The molecule has 0 radical (unpaired) electrons. The Labute approximate surface area is 260 Å². The van der Waals surface area contributed by atoms with Gasteiger partial charge >= 0.3 is 0 Å². The minimum Gasteiger partial charge on any atom is -0.393 e. The lowest BCUT2D eigenvalue weighted by Crippen LogP contribution is -2.27. The van der Waals surface area contributed by atoms with Crippen LogP contribution in [0.2, 0.25) is 0 Å². The molecule has 1 aromatic carbocycles. The third-order valence-corrected chi connectivity index (χ3v) is 8.71. The van der Waals surface area contributed by atoms with Gasteiger partial charge in [0.1, 0.15) is 0 Å². The molecule has 242 valence electrons. The number of benzene rings is 1. The minimum atomic E-state index is -0.464. The summed E-state index contributed by atoms with van der Waals surface area (Å²) in [4.78, 5) is 11.6. The number of amides is 1. The normalized spacial score (nSPS) is 28.5. The van der Waals surface area contributed by atoms with Crippen molar-refractivity contribution in [3.63, 3.8) is 0 Å². The van der Waals surface area contributed by atoms with Crippen molar-refractivity contribution in [3.8, 4) is 0 Å². The first-order chi connectivity index (χ1) is 21.0. The van der Waals surface area contributed by atoms with Crippen molar-refractivity contribution in [3.05, 3.63) is 60.2 Å². The van der Waals surface area contributed by atoms with Crippen LogP contribution in [0.25, 0.3) is 0 Å². The monoisotopic (exact) mass is 599 g/mol. The predicted octanol–water partition coefficient (Wildman–Crippen LogP) is 6.48. The van der Waals surface area contributed by atoms with E-state index in [1.165, 1.54) is 5.56 Å². The highest BCUT2D eigenvalue weighted by molar-refractivity contribution is 5.75. The molecular weight excluding hydrogens is 542 g/mol. The largest absolute Gasteiger partial charge is 0.393 e. The molecule has 1 aromatic rings. The Morgan fingerprint density at radius 3 is 2.49 bits per heavy atom. The second-order valence-electron chi connectivity index (χ2n) is 12.3. The number of allylic oxidation sites excluding steroid dienone is 3. The summed E-state index contributed by atoms with van der Waals surface area (Å²) in [6, 6.07) is 10.6. The average molecular weight is 600 g/mol. The van der Waals surface area contributed by atoms with Crippen LogP contribution in [0.1, 0.15) is 96.5 Å². The van der Waals surface area contributed by atoms with Crippen LogP contribution in [0.15, 0.2) is 54.6 Å². The Kier molecular flexibility index (Phi) is 17.2. The van der Waals surface area contributed by atoms with Crippen LogP contribution < -0.4 is 5.32 Å². The van der Waals surface area contributed by atoms with Gasteiger partial charge in [-0.05, 0) is 107 Å². The summed E-state index contributed by atoms with van der Waals surface area (Å²) in [5, 5.41) is 22.3. The highest BCUT2D eigenvalue weighted by atomic mass is 16.7. The van der Waals surface area contributed by atoms with Crippen molar-refractivity contribution in [2.75, 3.05) is 19.8 Å². The molecule has 0 bridgehead atoms. The average Bonchev–Trinajstić information content (AvgIpc) is 3.29. The SMILES string of the molecule is CCNC(=O)CCC/C=C\C[C@@H]1[C@@H](/C=C/[C@H](CCc2ccccc2)OC2CCCCO2)[C@H](C)C[C@@H]1O.OC1CCCCO1. The number of aliphatic hydroxyl groups excluding tert-OH is 2. The lowest BCUT2D eigenvalue weighted by molar-refractivity contribution is -0.179. The van der Waals surface area contributed by atoms with Gasteiger partial charge in [-0.15, -0.1) is 0 Å². The highest BCUT2D eigenvalue weighted by Crippen LogP contribution is 2.40. The van der Waals surface area contributed by atoms with E-state index in [4.69, 9.17) is 19.3 Å². The molecule has 3 fully saturated rings. The second kappa shape index (κ2) is 20.8. The van der Waals surface area contributed by atoms with E-state index in [0.29, 0.717) is 24.8 Å². The van der Waals surface area contributed by atoms with Crippen LogP contribution in [-0.2, 0) is 25.4 Å². The molecule has 1 aliphatic carbocycles. The number of carbonyl (C=O) groups excluding carboxylic acids is 1. The quantitative estimate of drug-likeness (QED) is 0.167. The van der Waals surface area contributed by atoms with Crippen LogP contribution in [0.4, 0.5) is 0 Å². The molecule has 43 heavy (non-hydrogen) atoms. The first-order valence-corrected chi connectivity index (χ1v) is 16.8. The van der Waals surface area contributed by atoms with Crippen molar-refractivity contribution < 1.29 is 29.2 Å². The number of unbranched alkanes of at least 4 members (excludes halogenated alkanes) is 1. The zero-order valence-electron chi connectivity index (χ0n) is 26.6. The molecular formula is C36H57NO6. The second-order valence-corrected chi connectivity index (χ2v) is 12.3. The van der Waals surface area contributed by atoms with Crippen molar-refractivity contribution in [1.82, 2.24) is 5.32 Å². The van der Waals surface area contributed by atoms with Crippen molar-refractivity contribution >= 4 is 5.91 Å². The molecule has 1 saturated carbocycles. The Morgan fingerprint density at radius 1 is 1.07 bits per heavy atom. The zero-order valence-corrected chi connectivity index (χ0v) is 26.6. The van der Waals surface area contributed by atoms with Crippen molar-refractivity contribution in [1.29, 1.82) is 0 Å². The van der Waals surface area contributed by atoms with Crippen LogP contribution in [-0.4, -0.2) is 60.7 Å². The van der Waals surface area contributed by atoms with Crippen LogP contribution in [0, 0.1) is 17.8 Å². The number of rotatable bonds is 14. The highest BCUT2D eigenvalue weighted by Gasteiger charge is 2.38. The Bertz CT molecular complexity index is 925. The summed E-state index contributed by atoms with van der Waals surface area (Å²) in [7, 11) is 0. The fraction of sp³-hybridized carbons (Fsp3) is 0.694. The first-order valence-electron chi connectivity index (χ1n) is 16.8. The summed E-state index contributed by atoms with van der Waals surface area (Å²) in [6.07, 6.45) is 20.2. The summed E-state index contributed by atoms with van der Waals surface area (Å²) < 4.78 is 17.1. The maximum Gasteiger partial charge on any atom is 0.219 e. The van der Waals surface area contributed by atoms with E-state index in [1.54, 1.807) is 0 Å². The van der Waals surface area contributed by atoms with Crippen LogP contribution in [0.3, 0.4) is 0 Å². The van der Waals surface area contributed by atoms with Gasteiger partial charge in [0.25, 0.3) is 0 Å².